The summed E-state index contributed by atoms with van der Waals surface area (Å²) in [5.41, 5.74) is 7.96. The SMILES string of the molecule is Nc1onc(-c2ccc(Cl)c(F)c2)c1-c1ccccc1Cl. The Bertz CT molecular complexity index is 817. The monoisotopic (exact) mass is 322 g/mol. The lowest BCUT2D eigenvalue weighted by atomic mass is 10.0. The molecule has 106 valence electrons. The Morgan fingerprint density at radius 3 is 2.52 bits per heavy atom. The van der Waals surface area contributed by atoms with Crippen LogP contribution in [0.5, 0.6) is 0 Å². The molecule has 3 rings (SSSR count). The summed E-state index contributed by atoms with van der Waals surface area (Å²) in [6, 6.07) is 11.5. The molecule has 0 aliphatic carbocycles. The zero-order chi connectivity index (χ0) is 15.0. The minimum absolute atomic E-state index is 0.0366. The molecule has 6 heteroatoms. The number of anilines is 1. The van der Waals surface area contributed by atoms with Crippen molar-refractivity contribution in [2.45, 2.75) is 0 Å². The average Bonchev–Trinajstić information content (AvgIpc) is 2.84. The van der Waals surface area contributed by atoms with Crippen molar-refractivity contribution in [1.82, 2.24) is 5.16 Å². The Morgan fingerprint density at radius 1 is 1.05 bits per heavy atom. The summed E-state index contributed by atoms with van der Waals surface area (Å²) in [5, 5.41) is 4.45. The molecule has 3 nitrogen and oxygen atoms in total. The Hall–Kier alpha value is -2.04. The van der Waals surface area contributed by atoms with Crippen LogP contribution in [0.3, 0.4) is 0 Å². The van der Waals surface area contributed by atoms with E-state index in [9.17, 15) is 4.39 Å². The lowest BCUT2D eigenvalue weighted by Gasteiger charge is -2.05. The topological polar surface area (TPSA) is 52.0 Å². The molecule has 1 heterocycles. The highest BCUT2D eigenvalue weighted by atomic mass is 35.5. The first-order valence-electron chi connectivity index (χ1n) is 6.03. The summed E-state index contributed by atoms with van der Waals surface area (Å²) in [4.78, 5) is 0. The number of hydrogen-bond donors (Lipinski definition) is 1. The summed E-state index contributed by atoms with van der Waals surface area (Å²) < 4.78 is 18.7. The molecule has 2 aromatic carbocycles. The highest BCUT2D eigenvalue weighted by molar-refractivity contribution is 6.33. The smallest absolute Gasteiger partial charge is 0.230 e. The van der Waals surface area contributed by atoms with Gasteiger partial charge >= 0.3 is 0 Å². The molecule has 1 aromatic heterocycles. The number of nitrogens with two attached hydrogens (primary N) is 1. The average molecular weight is 323 g/mol. The number of halogens is 3. The molecule has 2 N–H and O–H groups in total. The van der Waals surface area contributed by atoms with Gasteiger partial charge in [-0.15, -0.1) is 0 Å². The van der Waals surface area contributed by atoms with Crippen LogP contribution in [-0.4, -0.2) is 5.16 Å². The van der Waals surface area contributed by atoms with E-state index < -0.39 is 5.82 Å². The molecule has 0 amide bonds. The van der Waals surface area contributed by atoms with Crippen LogP contribution in [0.1, 0.15) is 0 Å². The van der Waals surface area contributed by atoms with Crippen molar-refractivity contribution in [2.24, 2.45) is 0 Å². The van der Waals surface area contributed by atoms with Gasteiger partial charge in [-0.2, -0.15) is 0 Å². The van der Waals surface area contributed by atoms with Crippen LogP contribution in [0.15, 0.2) is 47.0 Å². The van der Waals surface area contributed by atoms with Crippen molar-refractivity contribution in [3.05, 3.63) is 58.3 Å². The van der Waals surface area contributed by atoms with Crippen LogP contribution < -0.4 is 5.73 Å². The van der Waals surface area contributed by atoms with Crippen LogP contribution in [0.2, 0.25) is 10.0 Å². The molecule has 0 radical (unpaired) electrons. The number of nitrogen functional groups attached to an aromatic ring is 1. The zero-order valence-electron chi connectivity index (χ0n) is 10.6. The Balaban J connectivity index is 2.22. The Labute approximate surface area is 130 Å². The van der Waals surface area contributed by atoms with Crippen LogP contribution in [0.4, 0.5) is 10.3 Å². The van der Waals surface area contributed by atoms with Crippen molar-refractivity contribution < 1.29 is 8.91 Å². The van der Waals surface area contributed by atoms with Gasteiger partial charge in [-0.1, -0.05) is 52.6 Å². The fraction of sp³-hybridized carbons (Fsp3) is 0. The van der Waals surface area contributed by atoms with E-state index in [-0.39, 0.29) is 10.9 Å². The van der Waals surface area contributed by atoms with E-state index in [2.05, 4.69) is 5.16 Å². The van der Waals surface area contributed by atoms with Gasteiger partial charge in [-0.25, -0.2) is 4.39 Å². The van der Waals surface area contributed by atoms with Crippen molar-refractivity contribution in [1.29, 1.82) is 0 Å². The van der Waals surface area contributed by atoms with Crippen LogP contribution in [0.25, 0.3) is 22.4 Å². The summed E-state index contributed by atoms with van der Waals surface area (Å²) in [6.45, 7) is 0. The quantitative estimate of drug-likeness (QED) is 0.719. The van der Waals surface area contributed by atoms with Gasteiger partial charge in [0.1, 0.15) is 11.5 Å². The molecule has 0 spiro atoms. The number of benzene rings is 2. The predicted molar refractivity (Wildman–Crippen MR) is 81.8 cm³/mol. The maximum absolute atomic E-state index is 13.6. The molecule has 21 heavy (non-hydrogen) atoms. The molecule has 3 aromatic rings. The fourth-order valence-electron chi connectivity index (χ4n) is 2.07. The van der Waals surface area contributed by atoms with Crippen molar-refractivity contribution in [3.8, 4) is 22.4 Å². The summed E-state index contributed by atoms with van der Waals surface area (Å²) in [6.07, 6.45) is 0. The van der Waals surface area contributed by atoms with Gasteiger partial charge in [0.15, 0.2) is 0 Å². The van der Waals surface area contributed by atoms with Gasteiger partial charge in [0.05, 0.1) is 10.6 Å². The first kappa shape index (κ1) is 13.9. The van der Waals surface area contributed by atoms with Crippen LogP contribution in [0, 0.1) is 5.82 Å². The van der Waals surface area contributed by atoms with E-state index in [1.165, 1.54) is 12.1 Å². The molecule has 0 unspecified atom stereocenters. The van der Waals surface area contributed by atoms with E-state index in [4.69, 9.17) is 33.5 Å². The lowest BCUT2D eigenvalue weighted by Crippen LogP contribution is -1.89. The van der Waals surface area contributed by atoms with Crippen molar-refractivity contribution in [2.75, 3.05) is 5.73 Å². The highest BCUT2D eigenvalue weighted by Crippen LogP contribution is 2.39. The summed E-state index contributed by atoms with van der Waals surface area (Å²) in [5.74, 6) is -0.422. The van der Waals surface area contributed by atoms with E-state index in [1.807, 2.05) is 6.07 Å². The molecular formula is C15H9Cl2FN2O. The maximum atomic E-state index is 13.6. The second-order valence-electron chi connectivity index (χ2n) is 4.38. The Morgan fingerprint density at radius 2 is 1.81 bits per heavy atom. The third kappa shape index (κ3) is 2.48. The lowest BCUT2D eigenvalue weighted by molar-refractivity contribution is 0.439. The molecule has 0 bridgehead atoms. The van der Waals surface area contributed by atoms with E-state index in [1.54, 1.807) is 24.3 Å². The van der Waals surface area contributed by atoms with Gasteiger partial charge in [0, 0.05) is 16.1 Å². The van der Waals surface area contributed by atoms with Crippen molar-refractivity contribution in [3.63, 3.8) is 0 Å². The first-order chi connectivity index (χ1) is 10.1. The zero-order valence-corrected chi connectivity index (χ0v) is 12.1. The first-order valence-corrected chi connectivity index (χ1v) is 6.79. The summed E-state index contributed by atoms with van der Waals surface area (Å²) in [7, 11) is 0. The molecule has 0 atom stereocenters. The molecule has 0 fully saturated rings. The largest absolute Gasteiger partial charge is 0.367 e. The molecule has 0 saturated heterocycles. The van der Waals surface area contributed by atoms with E-state index >= 15 is 0 Å². The molecule has 0 aliphatic heterocycles. The fourth-order valence-corrected chi connectivity index (χ4v) is 2.42. The third-order valence-electron chi connectivity index (χ3n) is 3.05. The van der Waals surface area contributed by atoms with Gasteiger partial charge in [0.25, 0.3) is 0 Å². The normalized spacial score (nSPS) is 10.8. The molecule has 0 aliphatic rings. The van der Waals surface area contributed by atoms with Gasteiger partial charge in [-0.05, 0) is 18.2 Å². The second kappa shape index (κ2) is 5.39. The highest BCUT2D eigenvalue weighted by Gasteiger charge is 2.20. The Kier molecular flexibility index (Phi) is 3.57. The summed E-state index contributed by atoms with van der Waals surface area (Å²) >= 11 is 11.9. The minimum atomic E-state index is -0.541. The predicted octanol–water partition coefficient (Wildman–Crippen LogP) is 5.04. The number of hydrogen-bond acceptors (Lipinski definition) is 3. The molecular weight excluding hydrogens is 314 g/mol. The number of rotatable bonds is 2. The van der Waals surface area contributed by atoms with E-state index in [0.29, 0.717) is 27.4 Å². The third-order valence-corrected chi connectivity index (χ3v) is 3.69. The van der Waals surface area contributed by atoms with Crippen LogP contribution >= 0.6 is 23.2 Å². The number of aromatic nitrogens is 1. The number of nitrogens with zero attached hydrogens (tertiary/aromatic N) is 1. The van der Waals surface area contributed by atoms with Crippen LogP contribution in [-0.2, 0) is 0 Å². The second-order valence-corrected chi connectivity index (χ2v) is 5.19. The van der Waals surface area contributed by atoms with E-state index in [0.717, 1.165) is 0 Å². The minimum Gasteiger partial charge on any atom is -0.367 e. The van der Waals surface area contributed by atoms with Crippen molar-refractivity contribution >= 4 is 29.1 Å². The van der Waals surface area contributed by atoms with Gasteiger partial charge < -0.3 is 10.3 Å². The van der Waals surface area contributed by atoms with Gasteiger partial charge in [-0.3, -0.25) is 0 Å². The molecule has 0 saturated carbocycles. The standard InChI is InChI=1S/C15H9Cl2FN2O/c16-10-4-2-1-3-9(10)13-14(20-21-15(13)19)8-5-6-11(17)12(18)7-8/h1-7H,19H2. The maximum Gasteiger partial charge on any atom is 0.230 e. The van der Waals surface area contributed by atoms with Gasteiger partial charge in [0.2, 0.25) is 5.88 Å².